The number of ether oxygens (including phenoxy) is 1. The smallest absolute Gasteiger partial charge is 0.334 e. The largest absolute Gasteiger partial charge is 0.383 e. The number of likely N-dealkylation sites (tertiary alicyclic amines) is 1. The number of carbonyl (C=O) groups is 1. The zero-order valence-electron chi connectivity index (χ0n) is 17.8. The highest BCUT2D eigenvalue weighted by molar-refractivity contribution is 5.98. The van der Waals surface area contributed by atoms with Crippen LogP contribution in [0.2, 0.25) is 0 Å². The van der Waals surface area contributed by atoms with Gasteiger partial charge in [-0.05, 0) is 42.0 Å². The van der Waals surface area contributed by atoms with Crippen molar-refractivity contribution >= 4 is 22.5 Å². The monoisotopic (exact) mass is 436 g/mol. The summed E-state index contributed by atoms with van der Waals surface area (Å²) in [6, 6.07) is 10.7. The van der Waals surface area contributed by atoms with E-state index in [-0.39, 0.29) is 17.7 Å². The van der Waals surface area contributed by atoms with E-state index in [1.54, 1.807) is 13.2 Å². The minimum absolute atomic E-state index is 0.00532. The van der Waals surface area contributed by atoms with Crippen LogP contribution in [0.5, 0.6) is 0 Å². The van der Waals surface area contributed by atoms with Crippen LogP contribution in [0.3, 0.4) is 0 Å². The summed E-state index contributed by atoms with van der Waals surface area (Å²) in [7, 11) is 1.66. The van der Waals surface area contributed by atoms with Crippen LogP contribution in [0.25, 0.3) is 10.9 Å². The van der Waals surface area contributed by atoms with E-state index in [0.717, 1.165) is 23.0 Å². The quantitative estimate of drug-likeness (QED) is 0.452. The van der Waals surface area contributed by atoms with Crippen molar-refractivity contribution in [3.8, 4) is 0 Å². The molecule has 2 bridgehead atoms. The summed E-state index contributed by atoms with van der Waals surface area (Å²) >= 11 is 0. The molecule has 9 heteroatoms. The van der Waals surface area contributed by atoms with Crippen molar-refractivity contribution in [3.63, 3.8) is 0 Å². The van der Waals surface area contributed by atoms with E-state index in [4.69, 9.17) is 4.74 Å². The van der Waals surface area contributed by atoms with Crippen molar-refractivity contribution in [2.24, 2.45) is 5.92 Å². The van der Waals surface area contributed by atoms with Gasteiger partial charge in [0.15, 0.2) is 0 Å². The normalized spacial score (nSPS) is 19.7. The molecular weight excluding hydrogens is 412 g/mol. The Hall–Kier alpha value is -3.46. The van der Waals surface area contributed by atoms with Gasteiger partial charge in [-0.3, -0.25) is 19.7 Å². The topological polar surface area (TPSA) is 99.6 Å². The highest BCUT2D eigenvalue weighted by Gasteiger charge is 2.37. The fraction of sp³-hybridized carbons (Fsp3) is 0.391. The van der Waals surface area contributed by atoms with E-state index in [1.807, 2.05) is 35.4 Å². The Kier molecular flexibility index (Phi) is 5.05. The van der Waals surface area contributed by atoms with E-state index in [9.17, 15) is 19.7 Å². The Balaban J connectivity index is 1.42. The molecule has 0 N–H and O–H groups in total. The summed E-state index contributed by atoms with van der Waals surface area (Å²) in [5.74, 6) is 0.0623. The highest BCUT2D eigenvalue weighted by atomic mass is 16.6. The van der Waals surface area contributed by atoms with Gasteiger partial charge >= 0.3 is 11.2 Å². The number of benzene rings is 1. The molecule has 1 saturated heterocycles. The fourth-order valence-electron chi connectivity index (χ4n) is 5.12. The first-order chi connectivity index (χ1) is 15.5. The summed E-state index contributed by atoms with van der Waals surface area (Å²) in [6.45, 7) is 2.73. The highest BCUT2D eigenvalue weighted by Crippen LogP contribution is 2.36. The number of amides is 1. The van der Waals surface area contributed by atoms with E-state index in [2.05, 4.69) is 4.57 Å². The predicted octanol–water partition coefficient (Wildman–Crippen LogP) is 2.62. The second-order valence-corrected chi connectivity index (χ2v) is 8.60. The summed E-state index contributed by atoms with van der Waals surface area (Å²) < 4.78 is 8.79. The van der Waals surface area contributed by atoms with Gasteiger partial charge in [-0.2, -0.15) is 0 Å². The fourth-order valence-corrected chi connectivity index (χ4v) is 5.12. The molecule has 2 aliphatic heterocycles. The number of hydrogen-bond donors (Lipinski definition) is 0. The molecule has 1 aromatic carbocycles. The Labute approximate surface area is 184 Å². The molecule has 0 spiro atoms. The molecule has 1 fully saturated rings. The maximum absolute atomic E-state index is 13.4. The Morgan fingerprint density at radius 1 is 1.19 bits per heavy atom. The zero-order valence-corrected chi connectivity index (χ0v) is 17.8. The van der Waals surface area contributed by atoms with Crippen LogP contribution in [-0.2, 0) is 17.8 Å². The van der Waals surface area contributed by atoms with Gasteiger partial charge in [0.05, 0.1) is 11.5 Å². The van der Waals surface area contributed by atoms with Crippen molar-refractivity contribution in [1.29, 1.82) is 0 Å². The first kappa shape index (κ1) is 20.4. The van der Waals surface area contributed by atoms with Gasteiger partial charge in [-0.1, -0.05) is 6.07 Å². The third-order valence-electron chi connectivity index (χ3n) is 6.63. The maximum atomic E-state index is 13.4. The molecule has 2 aliphatic rings. The first-order valence-corrected chi connectivity index (χ1v) is 10.7. The summed E-state index contributed by atoms with van der Waals surface area (Å²) in [4.78, 5) is 38.3. The van der Waals surface area contributed by atoms with Gasteiger partial charge in [-0.15, -0.1) is 0 Å². The number of piperidine rings is 1. The molecule has 2 atom stereocenters. The Bertz CT molecular complexity index is 1280. The molecule has 0 saturated carbocycles. The summed E-state index contributed by atoms with van der Waals surface area (Å²) in [6.07, 6.45) is 2.87. The lowest BCUT2D eigenvalue weighted by atomic mass is 9.83. The molecule has 9 nitrogen and oxygen atoms in total. The first-order valence-electron chi connectivity index (χ1n) is 10.7. The van der Waals surface area contributed by atoms with Crippen LogP contribution >= 0.6 is 0 Å². The lowest BCUT2D eigenvalue weighted by Gasteiger charge is -2.42. The number of methoxy groups -OCH3 is 1. The van der Waals surface area contributed by atoms with Gasteiger partial charge in [0.2, 0.25) is 0 Å². The molecule has 3 aromatic rings. The van der Waals surface area contributed by atoms with Gasteiger partial charge in [0.1, 0.15) is 0 Å². The van der Waals surface area contributed by atoms with E-state index >= 15 is 0 Å². The van der Waals surface area contributed by atoms with Crippen LogP contribution in [0.1, 0.15) is 28.4 Å². The minimum Gasteiger partial charge on any atom is -0.383 e. The molecular formula is C23H24N4O5. The van der Waals surface area contributed by atoms with Crippen LogP contribution < -0.4 is 5.56 Å². The van der Waals surface area contributed by atoms with Crippen LogP contribution in [0.15, 0.2) is 47.4 Å². The predicted molar refractivity (Wildman–Crippen MR) is 118 cm³/mol. The molecule has 0 unspecified atom stereocenters. The molecule has 4 heterocycles. The van der Waals surface area contributed by atoms with Crippen LogP contribution in [0, 0.1) is 16.0 Å². The number of carbonyl (C=O) groups excluding carboxylic acids is 1. The average Bonchev–Trinajstić information content (AvgIpc) is 3.19. The van der Waals surface area contributed by atoms with E-state index in [1.165, 1.54) is 10.6 Å². The number of nitrogens with zero attached hydrogens (tertiary/aromatic N) is 4. The van der Waals surface area contributed by atoms with Crippen molar-refractivity contribution in [1.82, 2.24) is 14.0 Å². The molecule has 32 heavy (non-hydrogen) atoms. The molecule has 5 rings (SSSR count). The van der Waals surface area contributed by atoms with Crippen LogP contribution in [-0.4, -0.2) is 51.7 Å². The maximum Gasteiger partial charge on any atom is 0.334 e. The van der Waals surface area contributed by atoms with Crippen molar-refractivity contribution < 1.29 is 14.5 Å². The second-order valence-electron chi connectivity index (χ2n) is 8.60. The van der Waals surface area contributed by atoms with Gasteiger partial charge < -0.3 is 18.8 Å². The zero-order chi connectivity index (χ0) is 22.4. The average molecular weight is 436 g/mol. The number of aromatic nitrogens is 2. The number of pyridine rings is 1. The standard InChI is InChI=1S/C23H24N4O5/c1-32-9-8-24-7-6-16-2-3-17(11-21(16)24)22(28)25-12-15-10-18(14-25)19-4-5-20(27(30)31)23(29)26(19)13-15/h2-7,11,15,18H,8-10,12-14H2,1H3/t15-,18+/m1/s1. The van der Waals surface area contributed by atoms with Crippen molar-refractivity contribution in [3.05, 3.63) is 74.3 Å². The number of hydrogen-bond acceptors (Lipinski definition) is 5. The molecule has 1 amide bonds. The van der Waals surface area contributed by atoms with Gasteiger partial charge in [-0.25, -0.2) is 0 Å². The number of rotatable bonds is 5. The molecule has 166 valence electrons. The SMILES string of the molecule is COCCn1ccc2ccc(C(=O)N3C[C@H]4C[C@@H](C3)c3ccc([N+](=O)[O-])c(=O)n3C4)cc21. The summed E-state index contributed by atoms with van der Waals surface area (Å²) in [5, 5.41) is 12.2. The van der Waals surface area contributed by atoms with Crippen LogP contribution in [0.4, 0.5) is 5.69 Å². The third-order valence-corrected chi connectivity index (χ3v) is 6.63. The van der Waals surface area contributed by atoms with Crippen molar-refractivity contribution in [2.45, 2.75) is 25.4 Å². The van der Waals surface area contributed by atoms with E-state index in [0.29, 0.717) is 38.3 Å². The second kappa shape index (κ2) is 7.90. The lowest BCUT2D eigenvalue weighted by molar-refractivity contribution is -0.386. The molecule has 2 aromatic heterocycles. The van der Waals surface area contributed by atoms with Crippen molar-refractivity contribution in [2.75, 3.05) is 26.8 Å². The molecule has 0 aliphatic carbocycles. The Morgan fingerprint density at radius 2 is 2.03 bits per heavy atom. The third kappa shape index (κ3) is 3.38. The van der Waals surface area contributed by atoms with Gasteiger partial charge in [0, 0.05) is 68.2 Å². The van der Waals surface area contributed by atoms with Gasteiger partial charge in [0.25, 0.3) is 5.91 Å². The summed E-state index contributed by atoms with van der Waals surface area (Å²) in [5.41, 5.74) is 1.46. The molecule has 0 radical (unpaired) electrons. The van der Waals surface area contributed by atoms with E-state index < -0.39 is 16.2 Å². The lowest BCUT2D eigenvalue weighted by Crippen LogP contribution is -2.49. The minimum atomic E-state index is -0.630. The number of nitro groups is 1. The number of fused-ring (bicyclic) bond motifs is 5. The Morgan fingerprint density at radius 3 is 2.81 bits per heavy atom.